The molecule has 0 radical (unpaired) electrons. The molecule has 0 saturated carbocycles. The van der Waals surface area contributed by atoms with Gasteiger partial charge in [0, 0.05) is 24.0 Å². The first-order valence-electron chi connectivity index (χ1n) is 9.96. The second kappa shape index (κ2) is 8.31. The Kier molecular flexibility index (Phi) is 5.69. The lowest BCUT2D eigenvalue weighted by molar-refractivity contribution is -0.136. The highest BCUT2D eigenvalue weighted by molar-refractivity contribution is 7.17. The van der Waals surface area contributed by atoms with E-state index in [1.807, 2.05) is 11.0 Å². The molecule has 1 N–H and O–H groups in total. The van der Waals surface area contributed by atoms with E-state index in [9.17, 15) is 28.3 Å². The van der Waals surface area contributed by atoms with Gasteiger partial charge in [0.25, 0.3) is 5.56 Å². The third kappa shape index (κ3) is 3.84. The first-order valence-corrected chi connectivity index (χ1v) is 10.8. The number of fused-ring (bicyclic) bond motifs is 1. The molecule has 10 heteroatoms. The van der Waals surface area contributed by atoms with Crippen LogP contribution in [0.1, 0.15) is 41.5 Å². The number of aliphatic hydroxyl groups is 1. The van der Waals surface area contributed by atoms with Crippen molar-refractivity contribution in [2.24, 2.45) is 0 Å². The van der Waals surface area contributed by atoms with Crippen molar-refractivity contribution in [3.8, 4) is 6.07 Å². The van der Waals surface area contributed by atoms with Crippen LogP contribution >= 0.6 is 11.3 Å². The zero-order valence-corrected chi connectivity index (χ0v) is 17.8. The van der Waals surface area contributed by atoms with Crippen molar-refractivity contribution in [1.29, 1.82) is 5.26 Å². The van der Waals surface area contributed by atoms with Gasteiger partial charge in [-0.1, -0.05) is 18.7 Å². The van der Waals surface area contributed by atoms with Crippen LogP contribution in [0.4, 0.5) is 19.1 Å². The molecule has 1 aromatic carbocycles. The Labute approximate surface area is 185 Å². The molecule has 1 aliphatic heterocycles. The summed E-state index contributed by atoms with van der Waals surface area (Å²) in [5, 5.41) is 20.4. The van der Waals surface area contributed by atoms with Gasteiger partial charge in [0.1, 0.15) is 22.0 Å². The van der Waals surface area contributed by atoms with Gasteiger partial charge in [0.2, 0.25) is 5.95 Å². The number of alkyl halides is 3. The molecule has 1 saturated heterocycles. The molecule has 6 nitrogen and oxygen atoms in total. The van der Waals surface area contributed by atoms with Gasteiger partial charge in [-0.15, -0.1) is 11.3 Å². The number of rotatable bonds is 4. The number of aromatic nitrogens is 2. The van der Waals surface area contributed by atoms with E-state index in [1.165, 1.54) is 10.6 Å². The summed E-state index contributed by atoms with van der Waals surface area (Å²) in [6.45, 7) is 4.54. The predicted octanol–water partition coefficient (Wildman–Crippen LogP) is 4.92. The number of nitrogens with zero attached hydrogens (tertiary/aromatic N) is 4. The number of thiophene rings is 1. The lowest BCUT2D eigenvalue weighted by Gasteiger charge is -2.30. The summed E-state index contributed by atoms with van der Waals surface area (Å²) in [5.74, 6) is -0.128. The molecule has 4 rings (SSSR count). The minimum atomic E-state index is -4.62. The van der Waals surface area contributed by atoms with E-state index in [1.54, 1.807) is 12.1 Å². The van der Waals surface area contributed by atoms with Crippen LogP contribution in [0.2, 0.25) is 0 Å². The van der Waals surface area contributed by atoms with Gasteiger partial charge < -0.3 is 10.0 Å². The fourth-order valence-corrected chi connectivity index (χ4v) is 4.90. The normalized spacial score (nSPS) is 14.5. The van der Waals surface area contributed by atoms with Crippen molar-refractivity contribution in [3.63, 3.8) is 0 Å². The predicted molar refractivity (Wildman–Crippen MR) is 117 cm³/mol. The van der Waals surface area contributed by atoms with Crippen molar-refractivity contribution in [3.05, 3.63) is 62.8 Å². The minimum Gasteiger partial charge on any atom is -0.508 e. The summed E-state index contributed by atoms with van der Waals surface area (Å²) in [5.41, 5.74) is -1.03. The number of hydrogen-bond acceptors (Lipinski definition) is 6. The Morgan fingerprint density at radius 1 is 1.28 bits per heavy atom. The van der Waals surface area contributed by atoms with Gasteiger partial charge in [-0.05, 0) is 30.9 Å². The second-order valence-corrected chi connectivity index (χ2v) is 8.45. The van der Waals surface area contributed by atoms with Crippen molar-refractivity contribution in [2.45, 2.75) is 32.0 Å². The summed E-state index contributed by atoms with van der Waals surface area (Å²) in [6, 6.07) is 6.82. The number of piperidine rings is 1. The molecule has 32 heavy (non-hydrogen) atoms. The molecule has 2 aromatic heterocycles. The number of anilines is 1. The molecule has 3 heterocycles. The van der Waals surface area contributed by atoms with Gasteiger partial charge >= 0.3 is 6.18 Å². The molecule has 166 valence electrons. The van der Waals surface area contributed by atoms with Crippen LogP contribution in [0, 0.1) is 11.3 Å². The maximum atomic E-state index is 13.5. The Hall–Kier alpha value is -3.32. The molecular weight excluding hydrogens is 441 g/mol. The molecule has 1 aliphatic rings. The van der Waals surface area contributed by atoms with E-state index in [-0.39, 0.29) is 39.6 Å². The number of hydrogen-bond donors (Lipinski definition) is 1. The molecule has 3 aromatic rings. The van der Waals surface area contributed by atoms with Gasteiger partial charge in [-0.2, -0.15) is 18.4 Å². The van der Waals surface area contributed by atoms with Crippen molar-refractivity contribution < 1.29 is 18.3 Å². The van der Waals surface area contributed by atoms with Crippen LogP contribution in [0.25, 0.3) is 16.0 Å². The lowest BCUT2D eigenvalue weighted by Crippen LogP contribution is -2.36. The largest absolute Gasteiger partial charge is 0.508 e. The monoisotopic (exact) mass is 460 g/mol. The van der Waals surface area contributed by atoms with Crippen molar-refractivity contribution >= 4 is 33.3 Å². The standard InChI is InChI=1S/C22H19F3N4O2S/c1-13(30)15-7-5-6-14(16(15)10-26)11-29-20(31)19-18(17(12-32-19)22(23,24)25)27-21(29)28-8-3-2-4-9-28/h5-7,12,30H,1-4,8-9,11H2. The lowest BCUT2D eigenvalue weighted by atomic mass is 10.0. The number of aliphatic hydroxyl groups excluding tert-OH is 1. The Bertz CT molecular complexity index is 1300. The van der Waals surface area contributed by atoms with Gasteiger partial charge in [0.05, 0.1) is 17.7 Å². The summed E-state index contributed by atoms with van der Waals surface area (Å²) in [6.07, 6.45) is -1.94. The highest BCUT2D eigenvalue weighted by Gasteiger charge is 2.36. The fraction of sp³-hybridized carbons (Fsp3) is 0.318. The smallest absolute Gasteiger partial charge is 0.419 e. The number of nitriles is 1. The highest BCUT2D eigenvalue weighted by Crippen LogP contribution is 2.37. The third-order valence-electron chi connectivity index (χ3n) is 5.50. The van der Waals surface area contributed by atoms with E-state index < -0.39 is 17.3 Å². The van der Waals surface area contributed by atoms with Gasteiger partial charge in [-0.3, -0.25) is 9.36 Å². The quantitative estimate of drug-likeness (QED) is 0.559. The molecule has 0 amide bonds. The zero-order valence-electron chi connectivity index (χ0n) is 16.9. The third-order valence-corrected chi connectivity index (χ3v) is 6.46. The maximum absolute atomic E-state index is 13.5. The first kappa shape index (κ1) is 21.9. The second-order valence-electron chi connectivity index (χ2n) is 7.57. The fourth-order valence-electron chi connectivity index (χ4n) is 3.94. The molecule has 0 bridgehead atoms. The SMILES string of the molecule is C=C(O)c1cccc(Cn2c(N3CCCCC3)nc3c(C(F)(F)F)csc3c2=O)c1C#N. The molecular formula is C22H19F3N4O2S. The molecule has 0 aliphatic carbocycles. The maximum Gasteiger partial charge on any atom is 0.419 e. The first-order chi connectivity index (χ1) is 15.2. The van der Waals surface area contributed by atoms with Gasteiger partial charge in [0.15, 0.2) is 0 Å². The van der Waals surface area contributed by atoms with Crippen LogP contribution in [0.15, 0.2) is 35.0 Å². The van der Waals surface area contributed by atoms with E-state index >= 15 is 0 Å². The average molecular weight is 460 g/mol. The molecule has 1 fully saturated rings. The number of halogens is 3. The molecule has 0 unspecified atom stereocenters. The van der Waals surface area contributed by atoms with Crippen LogP contribution in [-0.2, 0) is 12.7 Å². The van der Waals surface area contributed by atoms with Crippen LogP contribution in [0.3, 0.4) is 0 Å². The summed E-state index contributed by atoms with van der Waals surface area (Å²) in [7, 11) is 0. The zero-order chi connectivity index (χ0) is 23.0. The van der Waals surface area contributed by atoms with Crippen LogP contribution in [-0.4, -0.2) is 27.7 Å². The van der Waals surface area contributed by atoms with Crippen LogP contribution in [0.5, 0.6) is 0 Å². The Balaban J connectivity index is 1.94. The Morgan fingerprint density at radius 3 is 2.62 bits per heavy atom. The molecule has 0 atom stereocenters. The topological polar surface area (TPSA) is 82.2 Å². The van der Waals surface area contributed by atoms with E-state index in [0.717, 1.165) is 24.6 Å². The number of benzene rings is 1. The summed E-state index contributed by atoms with van der Waals surface area (Å²) < 4.78 is 41.7. The molecule has 0 spiro atoms. The van der Waals surface area contributed by atoms with Crippen molar-refractivity contribution in [2.75, 3.05) is 18.0 Å². The van der Waals surface area contributed by atoms with E-state index in [2.05, 4.69) is 11.6 Å². The van der Waals surface area contributed by atoms with Crippen LogP contribution < -0.4 is 10.5 Å². The summed E-state index contributed by atoms with van der Waals surface area (Å²) in [4.78, 5) is 19.5. The Morgan fingerprint density at radius 2 is 2.00 bits per heavy atom. The minimum absolute atomic E-state index is 0.0725. The average Bonchev–Trinajstić information content (AvgIpc) is 3.20. The van der Waals surface area contributed by atoms with E-state index in [4.69, 9.17) is 0 Å². The summed E-state index contributed by atoms with van der Waals surface area (Å²) >= 11 is 0.712. The van der Waals surface area contributed by atoms with Crippen molar-refractivity contribution in [1.82, 2.24) is 9.55 Å². The van der Waals surface area contributed by atoms with E-state index in [0.29, 0.717) is 30.0 Å². The highest BCUT2D eigenvalue weighted by atomic mass is 32.1. The van der Waals surface area contributed by atoms with Gasteiger partial charge in [-0.25, -0.2) is 4.98 Å².